The summed E-state index contributed by atoms with van der Waals surface area (Å²) >= 11 is 0. The Morgan fingerprint density at radius 2 is 1.67 bits per heavy atom. The SMILES string of the molecule is [O-]N1NC(=NCCN2CCCCC2)N([O-])c2cc3c(cc21)CCC3. The van der Waals surface area contributed by atoms with E-state index in [0.717, 1.165) is 44.0 Å². The fraction of sp³-hybridized carbons (Fsp3) is 0.588. The highest BCUT2D eigenvalue weighted by Crippen LogP contribution is 2.37. The molecule has 0 aromatic heterocycles. The van der Waals surface area contributed by atoms with Crippen molar-refractivity contribution in [3.63, 3.8) is 0 Å². The molecular weight excluding hydrogens is 306 g/mol. The molecule has 4 rings (SSSR count). The van der Waals surface area contributed by atoms with Crippen molar-refractivity contribution < 1.29 is 0 Å². The van der Waals surface area contributed by atoms with Gasteiger partial charge in [0.1, 0.15) is 0 Å². The first-order valence-corrected chi connectivity index (χ1v) is 8.86. The van der Waals surface area contributed by atoms with Crippen LogP contribution < -0.4 is 15.7 Å². The van der Waals surface area contributed by atoms with Crippen molar-refractivity contribution in [2.75, 3.05) is 36.4 Å². The van der Waals surface area contributed by atoms with Gasteiger partial charge in [0.15, 0.2) is 0 Å². The lowest BCUT2D eigenvalue weighted by molar-refractivity contribution is 0.235. The van der Waals surface area contributed by atoms with Gasteiger partial charge < -0.3 is 25.5 Å². The first-order chi connectivity index (χ1) is 11.7. The topological polar surface area (TPSA) is 80.2 Å². The van der Waals surface area contributed by atoms with Crippen LogP contribution in [0.5, 0.6) is 0 Å². The lowest BCUT2D eigenvalue weighted by Crippen LogP contribution is -2.51. The molecule has 0 spiro atoms. The number of guanidine groups is 1. The lowest BCUT2D eigenvalue weighted by Gasteiger charge is -2.47. The zero-order valence-electron chi connectivity index (χ0n) is 13.8. The maximum absolute atomic E-state index is 12.6. The second-order valence-corrected chi connectivity index (χ2v) is 6.77. The summed E-state index contributed by atoms with van der Waals surface area (Å²) < 4.78 is 0. The highest BCUT2D eigenvalue weighted by molar-refractivity contribution is 6.04. The van der Waals surface area contributed by atoms with Crippen LogP contribution >= 0.6 is 0 Å². The van der Waals surface area contributed by atoms with Crippen LogP contribution in [0.25, 0.3) is 0 Å². The quantitative estimate of drug-likeness (QED) is 0.915. The van der Waals surface area contributed by atoms with Crippen LogP contribution in [-0.2, 0) is 12.8 Å². The highest BCUT2D eigenvalue weighted by atomic mass is 16.6. The third kappa shape index (κ3) is 2.94. The smallest absolute Gasteiger partial charge is 0.206 e. The zero-order valence-corrected chi connectivity index (χ0v) is 13.8. The number of hydroxylamine groups is 1. The van der Waals surface area contributed by atoms with E-state index < -0.39 is 0 Å². The number of nitrogens with zero attached hydrogens (tertiary/aromatic N) is 4. The summed E-state index contributed by atoms with van der Waals surface area (Å²) in [4.78, 5) is 6.70. The van der Waals surface area contributed by atoms with E-state index in [2.05, 4.69) is 15.3 Å². The zero-order chi connectivity index (χ0) is 16.5. The summed E-state index contributed by atoms with van der Waals surface area (Å²) in [5.74, 6) is 0.0902. The van der Waals surface area contributed by atoms with Crippen LogP contribution in [0, 0.1) is 10.4 Å². The number of aryl methyl sites for hydroxylation is 2. The second kappa shape index (κ2) is 6.58. The Kier molecular flexibility index (Phi) is 4.30. The van der Waals surface area contributed by atoms with E-state index in [1.54, 1.807) is 0 Å². The van der Waals surface area contributed by atoms with Gasteiger partial charge in [-0.2, -0.15) is 0 Å². The van der Waals surface area contributed by atoms with Crippen LogP contribution in [0.2, 0.25) is 0 Å². The Morgan fingerprint density at radius 1 is 0.958 bits per heavy atom. The van der Waals surface area contributed by atoms with Crippen molar-refractivity contribution in [2.24, 2.45) is 4.99 Å². The van der Waals surface area contributed by atoms with Gasteiger partial charge >= 0.3 is 0 Å². The lowest BCUT2D eigenvalue weighted by atomic mass is 10.1. The van der Waals surface area contributed by atoms with E-state index in [4.69, 9.17) is 0 Å². The molecule has 7 heteroatoms. The molecule has 7 nitrogen and oxygen atoms in total. The predicted octanol–water partition coefficient (Wildman–Crippen LogP) is 2.14. The minimum Gasteiger partial charge on any atom is -0.752 e. The number of hydrogen-bond acceptors (Lipinski definition) is 5. The van der Waals surface area contributed by atoms with E-state index in [0.29, 0.717) is 23.1 Å². The Morgan fingerprint density at radius 3 is 2.42 bits per heavy atom. The fourth-order valence-corrected chi connectivity index (χ4v) is 3.81. The number of aliphatic imine (C=N–C) groups is 1. The molecule has 0 saturated carbocycles. The predicted molar refractivity (Wildman–Crippen MR) is 95.9 cm³/mol. The first-order valence-electron chi connectivity index (χ1n) is 8.86. The van der Waals surface area contributed by atoms with Crippen LogP contribution in [0.1, 0.15) is 36.8 Å². The van der Waals surface area contributed by atoms with Crippen molar-refractivity contribution in [1.29, 1.82) is 0 Å². The van der Waals surface area contributed by atoms with Gasteiger partial charge in [-0.05, 0) is 68.5 Å². The number of nitrogens with one attached hydrogen (secondary N) is 1. The van der Waals surface area contributed by atoms with Crippen LogP contribution in [-0.4, -0.2) is 37.0 Å². The van der Waals surface area contributed by atoms with Gasteiger partial charge in [-0.3, -0.25) is 10.4 Å². The standard InChI is InChI=1S/C17H23N5O2/c23-21-15-11-13-5-4-6-14(13)12-16(15)22(24)19-17(21)18-7-10-20-8-2-1-3-9-20/h11-12H,1-10H2,(H,18,19)/q-2. The van der Waals surface area contributed by atoms with E-state index in [9.17, 15) is 10.4 Å². The number of likely N-dealkylation sites (tertiary alicyclic amines) is 1. The number of anilines is 2. The summed E-state index contributed by atoms with van der Waals surface area (Å²) in [6.07, 6.45) is 6.80. The molecule has 1 aromatic rings. The maximum Gasteiger partial charge on any atom is 0.206 e. The molecule has 1 N–H and O–H groups in total. The number of hydrogen-bond donors (Lipinski definition) is 1. The monoisotopic (exact) mass is 329 g/mol. The van der Waals surface area contributed by atoms with Gasteiger partial charge in [0.05, 0.1) is 17.9 Å². The Hall–Kier alpha value is -1.83. The maximum atomic E-state index is 12.6. The molecule has 0 amide bonds. The Bertz CT molecular complexity index is 642. The molecule has 1 aliphatic carbocycles. The van der Waals surface area contributed by atoms with Crippen LogP contribution in [0.15, 0.2) is 17.1 Å². The van der Waals surface area contributed by atoms with E-state index >= 15 is 0 Å². The molecule has 1 fully saturated rings. The van der Waals surface area contributed by atoms with Gasteiger partial charge in [-0.25, -0.2) is 0 Å². The second-order valence-electron chi connectivity index (χ2n) is 6.77. The van der Waals surface area contributed by atoms with E-state index in [1.807, 2.05) is 12.1 Å². The van der Waals surface area contributed by atoms with Crippen LogP contribution in [0.4, 0.5) is 11.4 Å². The number of hydrazine groups is 1. The average Bonchev–Trinajstić information content (AvgIpc) is 3.06. The van der Waals surface area contributed by atoms with Crippen molar-refractivity contribution >= 4 is 17.3 Å². The summed E-state index contributed by atoms with van der Waals surface area (Å²) in [6, 6.07) is 3.70. The number of rotatable bonds is 3. The molecule has 130 valence electrons. The summed E-state index contributed by atoms with van der Waals surface area (Å²) in [6.45, 7) is 3.55. The largest absolute Gasteiger partial charge is 0.752 e. The first kappa shape index (κ1) is 15.7. The van der Waals surface area contributed by atoms with Crippen molar-refractivity contribution in [1.82, 2.24) is 10.3 Å². The third-order valence-corrected chi connectivity index (χ3v) is 5.15. The molecular formula is C17H23N5O2-2. The molecule has 1 aromatic carbocycles. The number of fused-ring (bicyclic) bond motifs is 2. The highest BCUT2D eigenvalue weighted by Gasteiger charge is 2.22. The average molecular weight is 329 g/mol. The van der Waals surface area contributed by atoms with Gasteiger partial charge in [-0.15, -0.1) is 0 Å². The number of benzene rings is 1. The Balaban J connectivity index is 1.49. The number of piperidine rings is 1. The molecule has 2 aliphatic heterocycles. The normalized spacial score (nSPS) is 22.5. The van der Waals surface area contributed by atoms with E-state index in [1.165, 1.54) is 30.4 Å². The van der Waals surface area contributed by atoms with Gasteiger partial charge in [0.2, 0.25) is 5.96 Å². The van der Waals surface area contributed by atoms with Crippen LogP contribution in [0.3, 0.4) is 0 Å². The minimum atomic E-state index is 0.0902. The summed E-state index contributed by atoms with van der Waals surface area (Å²) in [7, 11) is 0. The molecule has 3 aliphatic rings. The van der Waals surface area contributed by atoms with Gasteiger partial charge in [0.25, 0.3) is 0 Å². The molecule has 24 heavy (non-hydrogen) atoms. The van der Waals surface area contributed by atoms with Gasteiger partial charge in [-0.1, -0.05) is 6.42 Å². The summed E-state index contributed by atoms with van der Waals surface area (Å²) in [5.41, 5.74) is 5.72. The minimum absolute atomic E-state index is 0.0902. The molecule has 0 bridgehead atoms. The summed E-state index contributed by atoms with van der Waals surface area (Å²) in [5, 5.41) is 26.3. The third-order valence-electron chi connectivity index (χ3n) is 5.15. The molecule has 0 atom stereocenters. The van der Waals surface area contributed by atoms with E-state index in [-0.39, 0.29) is 5.96 Å². The Labute approximate surface area is 142 Å². The molecule has 1 saturated heterocycles. The van der Waals surface area contributed by atoms with Crippen molar-refractivity contribution in [3.8, 4) is 0 Å². The molecule has 0 unspecified atom stereocenters. The van der Waals surface area contributed by atoms with Crippen molar-refractivity contribution in [2.45, 2.75) is 38.5 Å². The molecule has 0 radical (unpaired) electrons. The van der Waals surface area contributed by atoms with Gasteiger partial charge in [0, 0.05) is 6.54 Å². The molecule has 2 heterocycles. The fourth-order valence-electron chi connectivity index (χ4n) is 3.81. The van der Waals surface area contributed by atoms with Crippen molar-refractivity contribution in [3.05, 3.63) is 33.7 Å².